The number of hydrogen-bond acceptors (Lipinski definition) is 3. The number of hydrogen-bond donors (Lipinski definition) is 2. The number of aromatic nitrogens is 1. The Morgan fingerprint density at radius 3 is 2.58 bits per heavy atom. The summed E-state index contributed by atoms with van der Waals surface area (Å²) in [6, 6.07) is 23.1. The Bertz CT molecular complexity index is 1230. The molecule has 6 heteroatoms. The van der Waals surface area contributed by atoms with Crippen molar-refractivity contribution in [1.82, 2.24) is 9.88 Å². The molecule has 0 unspecified atom stereocenters. The molecule has 2 N–H and O–H groups in total. The lowest BCUT2D eigenvalue weighted by Crippen LogP contribution is -2.17. The maximum atomic E-state index is 12.3. The van der Waals surface area contributed by atoms with Gasteiger partial charge in [-0.05, 0) is 29.8 Å². The fraction of sp³-hybridized carbons (Fsp3) is 0.160. The molecular weight excluding hydrogens is 412 g/mol. The van der Waals surface area contributed by atoms with Crippen molar-refractivity contribution in [2.45, 2.75) is 19.6 Å². The van der Waals surface area contributed by atoms with E-state index in [9.17, 15) is 9.90 Å². The SMILES string of the molecule is COc1ccccc1CNCc1c(C(=O)O)n(Cc2cccc(Cl)c2)c2ccccc12. The Balaban J connectivity index is 1.69. The molecule has 4 aromatic rings. The molecular formula is C25H23ClN2O3. The first-order valence-corrected chi connectivity index (χ1v) is 10.4. The van der Waals surface area contributed by atoms with Crippen LogP contribution in [0, 0.1) is 0 Å². The zero-order valence-electron chi connectivity index (χ0n) is 17.1. The predicted octanol–water partition coefficient (Wildman–Crippen LogP) is 5.34. The van der Waals surface area contributed by atoms with E-state index in [-0.39, 0.29) is 5.69 Å². The summed E-state index contributed by atoms with van der Waals surface area (Å²) in [4.78, 5) is 12.3. The van der Waals surface area contributed by atoms with Crippen LogP contribution < -0.4 is 10.1 Å². The van der Waals surface area contributed by atoms with E-state index in [1.165, 1.54) is 0 Å². The van der Waals surface area contributed by atoms with E-state index in [0.717, 1.165) is 33.3 Å². The molecule has 0 aliphatic heterocycles. The van der Waals surface area contributed by atoms with E-state index in [1.807, 2.05) is 77.4 Å². The number of aromatic carboxylic acids is 1. The molecule has 0 bridgehead atoms. The van der Waals surface area contributed by atoms with Crippen LogP contribution in [0.15, 0.2) is 72.8 Å². The van der Waals surface area contributed by atoms with E-state index in [2.05, 4.69) is 5.32 Å². The molecule has 158 valence electrons. The lowest BCUT2D eigenvalue weighted by molar-refractivity contribution is 0.0684. The van der Waals surface area contributed by atoms with Crippen molar-refractivity contribution in [1.29, 1.82) is 0 Å². The summed E-state index contributed by atoms with van der Waals surface area (Å²) in [5.74, 6) is -0.149. The van der Waals surface area contributed by atoms with Crippen molar-refractivity contribution in [3.05, 3.63) is 100 Å². The monoisotopic (exact) mass is 434 g/mol. The number of carboxylic acids is 1. The second-order valence-electron chi connectivity index (χ2n) is 7.28. The normalized spacial score (nSPS) is 11.0. The van der Waals surface area contributed by atoms with E-state index in [1.54, 1.807) is 7.11 Å². The molecule has 0 spiro atoms. The quantitative estimate of drug-likeness (QED) is 0.393. The molecule has 0 fully saturated rings. The number of nitrogens with one attached hydrogen (secondary N) is 1. The minimum atomic E-state index is -0.952. The third-order valence-electron chi connectivity index (χ3n) is 5.32. The van der Waals surface area contributed by atoms with Crippen LogP contribution in [-0.2, 0) is 19.6 Å². The minimum absolute atomic E-state index is 0.286. The fourth-order valence-electron chi connectivity index (χ4n) is 3.95. The van der Waals surface area contributed by atoms with Gasteiger partial charge in [0.2, 0.25) is 0 Å². The highest BCUT2D eigenvalue weighted by atomic mass is 35.5. The molecule has 4 rings (SSSR count). The van der Waals surface area contributed by atoms with E-state index >= 15 is 0 Å². The number of fused-ring (bicyclic) bond motifs is 1. The van der Waals surface area contributed by atoms with Crippen LogP contribution in [0.3, 0.4) is 0 Å². The van der Waals surface area contributed by atoms with Crippen LogP contribution in [0.2, 0.25) is 5.02 Å². The van der Waals surface area contributed by atoms with Gasteiger partial charge in [0.05, 0.1) is 7.11 Å². The van der Waals surface area contributed by atoms with E-state index in [4.69, 9.17) is 16.3 Å². The number of nitrogens with zero attached hydrogens (tertiary/aromatic N) is 1. The standard InChI is InChI=1S/C25H23ClN2O3/c1-31-23-12-5-2-8-18(23)14-27-15-21-20-10-3-4-11-22(20)28(24(21)25(29)30)16-17-7-6-9-19(26)13-17/h2-13,27H,14-16H2,1H3,(H,29,30). The van der Waals surface area contributed by atoms with Crippen LogP contribution in [-0.4, -0.2) is 22.8 Å². The van der Waals surface area contributed by atoms with Crippen LogP contribution in [0.25, 0.3) is 10.9 Å². The van der Waals surface area contributed by atoms with Gasteiger partial charge in [0.15, 0.2) is 0 Å². The number of carboxylic acid groups (broad SMARTS) is 1. The zero-order chi connectivity index (χ0) is 21.8. The van der Waals surface area contributed by atoms with Crippen LogP contribution in [0.1, 0.15) is 27.2 Å². The first-order valence-electron chi connectivity index (χ1n) is 9.99. The Hall–Kier alpha value is -3.28. The van der Waals surface area contributed by atoms with E-state index < -0.39 is 5.97 Å². The van der Waals surface area contributed by atoms with Crippen LogP contribution in [0.4, 0.5) is 0 Å². The highest BCUT2D eigenvalue weighted by molar-refractivity contribution is 6.30. The summed E-state index contributed by atoms with van der Waals surface area (Å²) in [5, 5.41) is 15.0. The summed E-state index contributed by atoms with van der Waals surface area (Å²) in [7, 11) is 1.64. The predicted molar refractivity (Wildman–Crippen MR) is 123 cm³/mol. The van der Waals surface area contributed by atoms with Gasteiger partial charge in [0.25, 0.3) is 0 Å². The highest BCUT2D eigenvalue weighted by Crippen LogP contribution is 2.28. The summed E-state index contributed by atoms with van der Waals surface area (Å²) in [6.07, 6.45) is 0. The minimum Gasteiger partial charge on any atom is -0.496 e. The van der Waals surface area contributed by atoms with Gasteiger partial charge in [-0.25, -0.2) is 4.79 Å². The van der Waals surface area contributed by atoms with Crippen molar-refractivity contribution in [3.8, 4) is 5.75 Å². The molecule has 0 radical (unpaired) electrons. The molecule has 0 saturated carbocycles. The van der Waals surface area contributed by atoms with Crippen molar-refractivity contribution >= 4 is 28.5 Å². The van der Waals surface area contributed by atoms with E-state index in [0.29, 0.717) is 24.7 Å². The number of carbonyl (C=O) groups is 1. The van der Waals surface area contributed by atoms with Crippen molar-refractivity contribution < 1.29 is 14.6 Å². The molecule has 5 nitrogen and oxygen atoms in total. The molecule has 1 aromatic heterocycles. The third kappa shape index (κ3) is 4.43. The molecule has 31 heavy (non-hydrogen) atoms. The van der Waals surface area contributed by atoms with Crippen molar-refractivity contribution in [2.75, 3.05) is 7.11 Å². The van der Waals surface area contributed by atoms with Gasteiger partial charge in [-0.15, -0.1) is 0 Å². The molecule has 0 saturated heterocycles. The average Bonchev–Trinajstić information content (AvgIpc) is 3.08. The van der Waals surface area contributed by atoms with Crippen molar-refractivity contribution in [2.24, 2.45) is 0 Å². The summed E-state index contributed by atoms with van der Waals surface area (Å²) >= 11 is 6.14. The Morgan fingerprint density at radius 2 is 1.81 bits per heavy atom. The van der Waals surface area contributed by atoms with Gasteiger partial charge in [-0.3, -0.25) is 0 Å². The average molecular weight is 435 g/mol. The molecule has 3 aromatic carbocycles. The topological polar surface area (TPSA) is 63.5 Å². The molecule has 0 amide bonds. The van der Waals surface area contributed by atoms with Crippen molar-refractivity contribution in [3.63, 3.8) is 0 Å². The number of methoxy groups -OCH3 is 1. The van der Waals surface area contributed by atoms with Gasteiger partial charge >= 0.3 is 5.97 Å². The first kappa shape index (κ1) is 21.0. The van der Waals surface area contributed by atoms with Gasteiger partial charge in [-0.2, -0.15) is 0 Å². The Morgan fingerprint density at radius 1 is 1.03 bits per heavy atom. The number of halogens is 1. The maximum absolute atomic E-state index is 12.3. The molecule has 0 atom stereocenters. The number of benzene rings is 3. The summed E-state index contributed by atoms with van der Waals surface area (Å²) in [5.41, 5.74) is 3.90. The largest absolute Gasteiger partial charge is 0.496 e. The van der Waals surface area contributed by atoms with Crippen LogP contribution >= 0.6 is 11.6 Å². The first-order chi connectivity index (χ1) is 15.1. The van der Waals surface area contributed by atoms with Gasteiger partial charge in [-0.1, -0.05) is 60.1 Å². The Labute approximate surface area is 185 Å². The lowest BCUT2D eigenvalue weighted by Gasteiger charge is -2.11. The number of rotatable bonds is 8. The third-order valence-corrected chi connectivity index (χ3v) is 5.55. The van der Waals surface area contributed by atoms with Gasteiger partial charge < -0.3 is 19.7 Å². The molecule has 1 heterocycles. The fourth-order valence-corrected chi connectivity index (χ4v) is 4.16. The zero-order valence-corrected chi connectivity index (χ0v) is 17.9. The molecule has 0 aliphatic carbocycles. The number of para-hydroxylation sites is 2. The maximum Gasteiger partial charge on any atom is 0.352 e. The summed E-state index contributed by atoms with van der Waals surface area (Å²) < 4.78 is 7.26. The Kier molecular flexibility index (Phi) is 6.26. The van der Waals surface area contributed by atoms with Gasteiger partial charge in [0, 0.05) is 46.7 Å². The lowest BCUT2D eigenvalue weighted by atomic mass is 10.1. The molecule has 0 aliphatic rings. The smallest absolute Gasteiger partial charge is 0.352 e. The summed E-state index contributed by atoms with van der Waals surface area (Å²) in [6.45, 7) is 1.41. The highest BCUT2D eigenvalue weighted by Gasteiger charge is 2.22. The van der Waals surface area contributed by atoms with Gasteiger partial charge in [0.1, 0.15) is 11.4 Å². The second-order valence-corrected chi connectivity index (χ2v) is 7.72. The number of ether oxygens (including phenoxy) is 1. The van der Waals surface area contributed by atoms with Crippen LogP contribution in [0.5, 0.6) is 5.75 Å². The second kappa shape index (κ2) is 9.25.